The first kappa shape index (κ1) is 21.4. The van der Waals surface area contributed by atoms with Crippen LogP contribution in [0.25, 0.3) is 28.3 Å². The number of fused-ring (bicyclic) bond motifs is 1. The minimum Gasteiger partial charge on any atom is -0.282 e. The Balaban J connectivity index is 0.00000231. The Bertz CT molecular complexity index is 1360. The zero-order chi connectivity index (χ0) is 20.5. The average Bonchev–Trinajstić information content (AvgIpc) is 3.33. The van der Waals surface area contributed by atoms with Crippen LogP contribution in [0.4, 0.5) is 0 Å². The minimum atomic E-state index is 0. The summed E-state index contributed by atoms with van der Waals surface area (Å²) in [6, 6.07) is 25.5. The van der Waals surface area contributed by atoms with Gasteiger partial charge in [-0.15, -0.1) is 17.0 Å². The Hall–Kier alpha value is -2.86. The summed E-state index contributed by atoms with van der Waals surface area (Å²) in [6.07, 6.45) is 5.77. The second-order valence-corrected chi connectivity index (χ2v) is 7.64. The van der Waals surface area contributed by atoms with Crippen LogP contribution in [-0.4, -0.2) is 20.3 Å². The molecule has 0 aliphatic heterocycles. The summed E-state index contributed by atoms with van der Waals surface area (Å²) < 4.78 is 3.81. The SMILES string of the molecule is Br.Clc1ccc(-c2cn3c(-c4ccccc4)cn(/N=C/c4ccccc4)c3n2)c(Cl)c1. The van der Waals surface area contributed by atoms with E-state index < -0.39 is 0 Å². The number of hydrogen-bond acceptors (Lipinski definition) is 2. The lowest BCUT2D eigenvalue weighted by molar-refractivity contribution is 0.906. The van der Waals surface area contributed by atoms with Crippen LogP contribution in [0, 0.1) is 0 Å². The fourth-order valence-electron chi connectivity index (χ4n) is 3.35. The van der Waals surface area contributed by atoms with Gasteiger partial charge < -0.3 is 0 Å². The minimum absolute atomic E-state index is 0. The molecule has 0 saturated heterocycles. The molecule has 4 nitrogen and oxygen atoms in total. The molecule has 3 aromatic carbocycles. The summed E-state index contributed by atoms with van der Waals surface area (Å²) in [5.74, 6) is 0.696. The van der Waals surface area contributed by atoms with E-state index >= 15 is 0 Å². The zero-order valence-corrected chi connectivity index (χ0v) is 19.4. The molecule has 0 unspecified atom stereocenters. The summed E-state index contributed by atoms with van der Waals surface area (Å²) in [5.41, 5.74) is 4.65. The number of aromatic nitrogens is 3. The van der Waals surface area contributed by atoms with Crippen molar-refractivity contribution in [1.29, 1.82) is 0 Å². The molecule has 0 spiro atoms. The molecule has 0 N–H and O–H groups in total. The molecule has 5 rings (SSSR count). The lowest BCUT2D eigenvalue weighted by Gasteiger charge is -2.01. The smallest absolute Gasteiger partial charge is 0.236 e. The van der Waals surface area contributed by atoms with Crippen LogP contribution in [0.1, 0.15) is 5.56 Å². The number of halogens is 3. The number of benzene rings is 3. The second kappa shape index (κ2) is 9.10. The molecule has 154 valence electrons. The molecule has 0 aliphatic carbocycles. The van der Waals surface area contributed by atoms with E-state index in [1.165, 1.54) is 0 Å². The molecule has 7 heteroatoms. The molecule has 0 bridgehead atoms. The average molecular weight is 512 g/mol. The van der Waals surface area contributed by atoms with Crippen molar-refractivity contribution in [3.05, 3.63) is 107 Å². The van der Waals surface area contributed by atoms with E-state index in [-0.39, 0.29) is 17.0 Å². The van der Waals surface area contributed by atoms with Gasteiger partial charge in [-0.25, -0.2) is 9.66 Å². The Morgan fingerprint density at radius 3 is 2.26 bits per heavy atom. The quantitative estimate of drug-likeness (QED) is 0.234. The third-order valence-electron chi connectivity index (χ3n) is 4.80. The van der Waals surface area contributed by atoms with E-state index in [0.29, 0.717) is 15.8 Å². The summed E-state index contributed by atoms with van der Waals surface area (Å²) in [4.78, 5) is 4.82. The third kappa shape index (κ3) is 4.30. The van der Waals surface area contributed by atoms with E-state index in [1.807, 2.05) is 83.7 Å². The van der Waals surface area contributed by atoms with Crippen LogP contribution in [0.3, 0.4) is 0 Å². The highest BCUT2D eigenvalue weighted by atomic mass is 79.9. The standard InChI is InChI=1S/C24H16Cl2N4.BrH/c25-19-11-12-20(21(26)13-19)22-15-29-23(18-9-5-2-6-10-18)16-30(24(29)28-22)27-14-17-7-3-1-4-8-17;/h1-16H;1H/b27-14+;. The van der Waals surface area contributed by atoms with Crippen molar-refractivity contribution in [2.75, 3.05) is 0 Å². The predicted octanol–water partition coefficient (Wildman–Crippen LogP) is 7.24. The van der Waals surface area contributed by atoms with Gasteiger partial charge in [-0.2, -0.15) is 5.10 Å². The van der Waals surface area contributed by atoms with Gasteiger partial charge in [0.15, 0.2) is 0 Å². The molecule has 2 aromatic heterocycles. The van der Waals surface area contributed by atoms with E-state index in [4.69, 9.17) is 28.2 Å². The maximum absolute atomic E-state index is 6.43. The van der Waals surface area contributed by atoms with Gasteiger partial charge in [-0.1, -0.05) is 83.9 Å². The van der Waals surface area contributed by atoms with Crippen molar-refractivity contribution in [1.82, 2.24) is 14.1 Å². The number of nitrogens with zero attached hydrogens (tertiary/aromatic N) is 4. The highest BCUT2D eigenvalue weighted by Crippen LogP contribution is 2.32. The second-order valence-electron chi connectivity index (χ2n) is 6.80. The lowest BCUT2D eigenvalue weighted by atomic mass is 10.1. The fourth-order valence-corrected chi connectivity index (χ4v) is 3.85. The zero-order valence-electron chi connectivity index (χ0n) is 16.2. The van der Waals surface area contributed by atoms with E-state index in [0.717, 1.165) is 28.1 Å². The van der Waals surface area contributed by atoms with Crippen LogP contribution in [-0.2, 0) is 0 Å². The van der Waals surface area contributed by atoms with E-state index in [1.54, 1.807) is 10.7 Å². The highest BCUT2D eigenvalue weighted by Gasteiger charge is 2.16. The molecule has 0 fully saturated rings. The lowest BCUT2D eigenvalue weighted by Crippen LogP contribution is -1.90. The maximum Gasteiger partial charge on any atom is 0.236 e. The first-order valence-electron chi connectivity index (χ1n) is 9.40. The Morgan fingerprint density at radius 1 is 0.839 bits per heavy atom. The molecule has 2 heterocycles. The molecule has 0 amide bonds. The van der Waals surface area contributed by atoms with Gasteiger partial charge in [0.1, 0.15) is 0 Å². The molecular formula is C24H17BrCl2N4. The summed E-state index contributed by atoms with van der Waals surface area (Å²) in [6.45, 7) is 0. The van der Waals surface area contributed by atoms with Crippen molar-refractivity contribution < 1.29 is 0 Å². The van der Waals surface area contributed by atoms with Crippen LogP contribution >= 0.6 is 40.2 Å². The van der Waals surface area contributed by atoms with Crippen LogP contribution in [0.15, 0.2) is 96.4 Å². The van der Waals surface area contributed by atoms with Crippen molar-refractivity contribution >= 4 is 52.2 Å². The van der Waals surface area contributed by atoms with Crippen molar-refractivity contribution in [2.45, 2.75) is 0 Å². The first-order chi connectivity index (χ1) is 14.7. The van der Waals surface area contributed by atoms with Crippen molar-refractivity contribution in [2.24, 2.45) is 5.10 Å². The normalized spacial score (nSPS) is 11.2. The first-order valence-corrected chi connectivity index (χ1v) is 10.2. The highest BCUT2D eigenvalue weighted by molar-refractivity contribution is 8.93. The Labute approximate surface area is 200 Å². The molecular weight excluding hydrogens is 495 g/mol. The molecule has 0 saturated carbocycles. The van der Waals surface area contributed by atoms with Crippen molar-refractivity contribution in [3.63, 3.8) is 0 Å². The summed E-state index contributed by atoms with van der Waals surface area (Å²) >= 11 is 12.5. The molecule has 0 aliphatic rings. The molecule has 0 atom stereocenters. The van der Waals surface area contributed by atoms with E-state index in [9.17, 15) is 0 Å². The van der Waals surface area contributed by atoms with Crippen molar-refractivity contribution in [3.8, 4) is 22.5 Å². The van der Waals surface area contributed by atoms with Gasteiger partial charge in [0, 0.05) is 22.3 Å². The van der Waals surface area contributed by atoms with E-state index in [2.05, 4.69) is 17.2 Å². The van der Waals surface area contributed by atoms with Gasteiger partial charge >= 0.3 is 0 Å². The van der Waals surface area contributed by atoms with Gasteiger partial charge in [-0.3, -0.25) is 4.40 Å². The number of rotatable bonds is 4. The molecule has 5 aromatic rings. The van der Waals surface area contributed by atoms with Gasteiger partial charge in [0.05, 0.1) is 28.8 Å². The van der Waals surface area contributed by atoms with Gasteiger partial charge in [-0.05, 0) is 23.8 Å². The fraction of sp³-hybridized carbons (Fsp3) is 0. The van der Waals surface area contributed by atoms with Gasteiger partial charge in [0.25, 0.3) is 0 Å². The Morgan fingerprint density at radius 2 is 1.55 bits per heavy atom. The van der Waals surface area contributed by atoms with Crippen LogP contribution in [0.2, 0.25) is 10.0 Å². The van der Waals surface area contributed by atoms with Gasteiger partial charge in [0.2, 0.25) is 5.78 Å². The van der Waals surface area contributed by atoms with Crippen LogP contribution in [0.5, 0.6) is 0 Å². The monoisotopic (exact) mass is 510 g/mol. The maximum atomic E-state index is 6.43. The summed E-state index contributed by atoms with van der Waals surface area (Å²) in [7, 11) is 0. The predicted molar refractivity (Wildman–Crippen MR) is 134 cm³/mol. The summed E-state index contributed by atoms with van der Waals surface area (Å²) in [5, 5.41) is 5.80. The largest absolute Gasteiger partial charge is 0.282 e. The number of imidazole rings is 2. The third-order valence-corrected chi connectivity index (χ3v) is 5.35. The molecule has 0 radical (unpaired) electrons. The van der Waals surface area contributed by atoms with Crippen LogP contribution < -0.4 is 0 Å². The Kier molecular flexibility index (Phi) is 6.28. The molecule has 31 heavy (non-hydrogen) atoms. The topological polar surface area (TPSA) is 34.6 Å². The number of hydrogen-bond donors (Lipinski definition) is 0.